The van der Waals surface area contributed by atoms with Gasteiger partial charge in [-0.3, -0.25) is 4.90 Å². The molecule has 1 aliphatic rings. The maximum Gasteiger partial charge on any atom is 0.0483 e. The summed E-state index contributed by atoms with van der Waals surface area (Å²) in [5.74, 6) is 0. The maximum atomic E-state index is 2.57. The monoisotopic (exact) mass is 257 g/mol. The fourth-order valence-electron chi connectivity index (χ4n) is 2.89. The Labute approximate surface area is 115 Å². The van der Waals surface area contributed by atoms with E-state index in [0.717, 1.165) is 13.1 Å². The molecule has 0 bridgehead atoms. The molecule has 0 radical (unpaired) electrons. The van der Waals surface area contributed by atoms with Crippen molar-refractivity contribution in [2.45, 2.75) is 13.5 Å². The first-order valence-corrected chi connectivity index (χ1v) is 7.19. The molecule has 3 heteroatoms. The van der Waals surface area contributed by atoms with Crippen LogP contribution in [0.3, 0.4) is 0 Å². The summed E-state index contributed by atoms with van der Waals surface area (Å²) in [5, 5.41) is 1.39. The van der Waals surface area contributed by atoms with E-state index in [-0.39, 0.29) is 0 Å². The molecule has 0 spiro atoms. The molecular formula is C16H23N3. The molecular weight excluding hydrogens is 234 g/mol. The summed E-state index contributed by atoms with van der Waals surface area (Å²) < 4.78 is 2.39. The zero-order chi connectivity index (χ0) is 13.2. The normalized spacial score (nSPS) is 18.2. The van der Waals surface area contributed by atoms with E-state index in [9.17, 15) is 0 Å². The van der Waals surface area contributed by atoms with Crippen LogP contribution in [0.4, 0.5) is 0 Å². The van der Waals surface area contributed by atoms with Crippen molar-refractivity contribution in [2.24, 2.45) is 0 Å². The largest absolute Gasteiger partial charge is 0.346 e. The van der Waals surface area contributed by atoms with Crippen molar-refractivity contribution in [3.8, 4) is 0 Å². The number of fused-ring (bicyclic) bond motifs is 1. The molecule has 1 saturated heterocycles. The van der Waals surface area contributed by atoms with Gasteiger partial charge in [-0.2, -0.15) is 0 Å². The predicted molar refractivity (Wildman–Crippen MR) is 80.6 cm³/mol. The average molecular weight is 257 g/mol. The van der Waals surface area contributed by atoms with Crippen molar-refractivity contribution in [1.82, 2.24) is 14.4 Å². The quantitative estimate of drug-likeness (QED) is 0.835. The van der Waals surface area contributed by atoms with Gasteiger partial charge in [0.15, 0.2) is 0 Å². The Balaban J connectivity index is 1.67. The Kier molecular flexibility index (Phi) is 3.58. The molecule has 0 N–H and O–H groups in total. The molecule has 1 aromatic heterocycles. The van der Waals surface area contributed by atoms with E-state index in [1.165, 1.54) is 42.6 Å². The molecule has 2 aromatic rings. The van der Waals surface area contributed by atoms with E-state index in [2.05, 4.69) is 58.8 Å². The van der Waals surface area contributed by atoms with Crippen molar-refractivity contribution >= 4 is 10.9 Å². The topological polar surface area (TPSA) is 11.4 Å². The van der Waals surface area contributed by atoms with Crippen LogP contribution in [-0.2, 0) is 6.54 Å². The van der Waals surface area contributed by atoms with Gasteiger partial charge in [-0.1, -0.05) is 12.1 Å². The summed E-state index contributed by atoms with van der Waals surface area (Å²) >= 11 is 0. The molecule has 0 atom stereocenters. The van der Waals surface area contributed by atoms with E-state index in [1.54, 1.807) is 0 Å². The van der Waals surface area contributed by atoms with E-state index in [1.807, 2.05) is 0 Å². The number of benzene rings is 1. The number of rotatable bonds is 3. The highest BCUT2D eigenvalue weighted by Crippen LogP contribution is 2.19. The van der Waals surface area contributed by atoms with Crippen LogP contribution < -0.4 is 0 Å². The number of hydrogen-bond donors (Lipinski definition) is 0. The van der Waals surface area contributed by atoms with Gasteiger partial charge < -0.3 is 9.47 Å². The number of aromatic nitrogens is 1. The second-order valence-corrected chi connectivity index (χ2v) is 5.66. The van der Waals surface area contributed by atoms with Gasteiger partial charge in [0.25, 0.3) is 0 Å². The molecule has 3 nitrogen and oxygen atoms in total. The van der Waals surface area contributed by atoms with Crippen molar-refractivity contribution in [3.63, 3.8) is 0 Å². The molecule has 102 valence electrons. The smallest absolute Gasteiger partial charge is 0.0483 e. The minimum atomic E-state index is 1.09. The summed E-state index contributed by atoms with van der Waals surface area (Å²) in [6.45, 7) is 9.25. The molecule has 1 aliphatic heterocycles. The lowest BCUT2D eigenvalue weighted by Crippen LogP contribution is -2.45. The molecule has 0 saturated carbocycles. The third kappa shape index (κ3) is 2.67. The van der Waals surface area contributed by atoms with Crippen molar-refractivity contribution in [3.05, 3.63) is 36.0 Å². The highest BCUT2D eigenvalue weighted by Gasteiger charge is 2.13. The Morgan fingerprint density at radius 1 is 1.00 bits per heavy atom. The van der Waals surface area contributed by atoms with Gasteiger partial charge >= 0.3 is 0 Å². The fraction of sp³-hybridized carbons (Fsp3) is 0.500. The Morgan fingerprint density at radius 3 is 2.58 bits per heavy atom. The molecule has 3 rings (SSSR count). The minimum absolute atomic E-state index is 1.09. The lowest BCUT2D eigenvalue weighted by molar-refractivity contribution is 0.150. The number of piperazine rings is 1. The van der Waals surface area contributed by atoms with Gasteiger partial charge in [-0.15, -0.1) is 0 Å². The van der Waals surface area contributed by atoms with Crippen LogP contribution in [-0.4, -0.2) is 54.1 Å². The van der Waals surface area contributed by atoms with Gasteiger partial charge in [0, 0.05) is 56.4 Å². The first-order chi connectivity index (χ1) is 9.24. The van der Waals surface area contributed by atoms with E-state index >= 15 is 0 Å². The predicted octanol–water partition coefficient (Wildman–Crippen LogP) is 2.20. The Bertz CT molecular complexity index is 550. The average Bonchev–Trinajstić information content (AvgIpc) is 2.83. The van der Waals surface area contributed by atoms with Gasteiger partial charge in [0.05, 0.1) is 0 Å². The van der Waals surface area contributed by atoms with Crippen molar-refractivity contribution in [1.29, 1.82) is 0 Å². The number of nitrogens with zero attached hydrogens (tertiary/aromatic N) is 3. The maximum absolute atomic E-state index is 2.57. The van der Waals surface area contributed by atoms with Crippen LogP contribution in [0.25, 0.3) is 10.9 Å². The lowest BCUT2D eigenvalue weighted by atomic mass is 10.1. The van der Waals surface area contributed by atoms with Crippen molar-refractivity contribution in [2.75, 3.05) is 39.8 Å². The summed E-state index contributed by atoms with van der Waals surface area (Å²) in [7, 11) is 2.21. The lowest BCUT2D eigenvalue weighted by Gasteiger charge is -2.32. The van der Waals surface area contributed by atoms with Crippen LogP contribution >= 0.6 is 0 Å². The molecule has 2 heterocycles. The molecule has 0 aliphatic carbocycles. The third-order valence-corrected chi connectivity index (χ3v) is 4.28. The fourth-order valence-corrected chi connectivity index (χ4v) is 2.89. The number of hydrogen-bond acceptors (Lipinski definition) is 2. The van der Waals surface area contributed by atoms with E-state index in [4.69, 9.17) is 0 Å². The zero-order valence-electron chi connectivity index (χ0n) is 12.0. The van der Waals surface area contributed by atoms with E-state index in [0.29, 0.717) is 0 Å². The highest BCUT2D eigenvalue weighted by molar-refractivity contribution is 5.83. The number of likely N-dealkylation sites (N-methyl/N-ethyl adjacent to an activating group) is 1. The van der Waals surface area contributed by atoms with Crippen LogP contribution in [0.1, 0.15) is 5.56 Å². The summed E-state index contributed by atoms with van der Waals surface area (Å²) in [4.78, 5) is 4.98. The van der Waals surface area contributed by atoms with E-state index < -0.39 is 0 Å². The van der Waals surface area contributed by atoms with Crippen molar-refractivity contribution < 1.29 is 0 Å². The van der Waals surface area contributed by atoms with Crippen LogP contribution in [0.5, 0.6) is 0 Å². The van der Waals surface area contributed by atoms with Gasteiger partial charge in [-0.25, -0.2) is 0 Å². The number of aryl methyl sites for hydroxylation is 1. The SMILES string of the molecule is Cc1cccc2c1ccn2CCN1CCN(C)CC1. The summed E-state index contributed by atoms with van der Waals surface area (Å²) in [5.41, 5.74) is 2.74. The van der Waals surface area contributed by atoms with Gasteiger partial charge in [0.2, 0.25) is 0 Å². The molecule has 0 unspecified atom stereocenters. The third-order valence-electron chi connectivity index (χ3n) is 4.28. The van der Waals surface area contributed by atoms with Gasteiger partial charge in [0.1, 0.15) is 0 Å². The second kappa shape index (κ2) is 5.35. The van der Waals surface area contributed by atoms with Crippen LogP contribution in [0.15, 0.2) is 30.5 Å². The second-order valence-electron chi connectivity index (χ2n) is 5.66. The molecule has 1 aromatic carbocycles. The minimum Gasteiger partial charge on any atom is -0.346 e. The molecule has 19 heavy (non-hydrogen) atoms. The Hall–Kier alpha value is -1.32. The summed E-state index contributed by atoms with van der Waals surface area (Å²) in [6.07, 6.45) is 2.23. The highest BCUT2D eigenvalue weighted by atomic mass is 15.2. The molecule has 1 fully saturated rings. The zero-order valence-corrected chi connectivity index (χ0v) is 12.0. The standard InChI is InChI=1S/C16H23N3/c1-14-4-3-5-16-15(14)6-7-19(16)13-12-18-10-8-17(2)9-11-18/h3-7H,8-13H2,1-2H3. The summed E-state index contributed by atoms with van der Waals surface area (Å²) in [6, 6.07) is 8.82. The first-order valence-electron chi connectivity index (χ1n) is 7.19. The molecule has 0 amide bonds. The van der Waals surface area contributed by atoms with Crippen LogP contribution in [0.2, 0.25) is 0 Å². The van der Waals surface area contributed by atoms with Crippen LogP contribution in [0, 0.1) is 6.92 Å². The first kappa shape index (κ1) is 12.7. The Morgan fingerprint density at radius 2 is 1.79 bits per heavy atom. The van der Waals surface area contributed by atoms with Gasteiger partial charge in [-0.05, 0) is 31.7 Å².